The standard InChI is InChI=1S/C28H22ClF5N4O4/c29-20-4-2-16(30)9-19(20)24-25-21(36-26(41)14-6-15(28(32,33)34)8-17(31)7-14)10-22(38(25)11-23(40)37-24)27(42)35-18-3-1-13(5-18)12-39/h1-4,6-10,13,18,24,39H,5,11-12H2,(H,35,42)(H,36,41)(H,37,40). The van der Waals surface area contributed by atoms with E-state index in [4.69, 9.17) is 11.6 Å². The molecule has 5 rings (SSSR count). The zero-order valence-electron chi connectivity index (χ0n) is 21.4. The topological polar surface area (TPSA) is 112 Å². The van der Waals surface area contributed by atoms with Gasteiger partial charge in [-0.15, -0.1) is 0 Å². The summed E-state index contributed by atoms with van der Waals surface area (Å²) >= 11 is 6.32. The second-order valence-corrected chi connectivity index (χ2v) is 10.3. The van der Waals surface area contributed by atoms with E-state index in [2.05, 4.69) is 16.0 Å². The van der Waals surface area contributed by atoms with E-state index in [0.29, 0.717) is 18.6 Å². The molecule has 2 aromatic carbocycles. The molecule has 3 amide bonds. The van der Waals surface area contributed by atoms with E-state index in [1.54, 1.807) is 12.2 Å². The Hall–Kier alpha value is -4.23. The normalized spacial score (nSPS) is 19.8. The predicted octanol–water partition coefficient (Wildman–Crippen LogP) is 4.58. The minimum atomic E-state index is -4.93. The number of fused-ring (bicyclic) bond motifs is 1. The molecule has 2 heterocycles. The molecule has 8 nitrogen and oxygen atoms in total. The van der Waals surface area contributed by atoms with Crippen molar-refractivity contribution in [3.8, 4) is 0 Å². The molecule has 220 valence electrons. The number of nitrogens with zero attached hydrogens (tertiary/aromatic N) is 1. The monoisotopic (exact) mass is 608 g/mol. The van der Waals surface area contributed by atoms with E-state index in [-0.39, 0.29) is 46.3 Å². The maximum atomic E-state index is 14.2. The highest BCUT2D eigenvalue weighted by Gasteiger charge is 2.36. The summed E-state index contributed by atoms with van der Waals surface area (Å²) in [7, 11) is 0. The quantitative estimate of drug-likeness (QED) is 0.243. The molecule has 3 unspecified atom stereocenters. The summed E-state index contributed by atoms with van der Waals surface area (Å²) in [6.07, 6.45) is -1.06. The number of anilines is 1. The summed E-state index contributed by atoms with van der Waals surface area (Å²) in [4.78, 5) is 39.3. The van der Waals surface area contributed by atoms with E-state index in [9.17, 15) is 41.4 Å². The number of aliphatic hydroxyl groups excluding tert-OH is 1. The third-order valence-corrected chi connectivity index (χ3v) is 7.32. The smallest absolute Gasteiger partial charge is 0.396 e. The van der Waals surface area contributed by atoms with Gasteiger partial charge in [-0.05, 0) is 48.9 Å². The van der Waals surface area contributed by atoms with Crippen molar-refractivity contribution in [1.82, 2.24) is 15.2 Å². The van der Waals surface area contributed by atoms with Crippen LogP contribution in [0.4, 0.5) is 27.6 Å². The maximum Gasteiger partial charge on any atom is 0.416 e. The van der Waals surface area contributed by atoms with Gasteiger partial charge in [0.1, 0.15) is 23.9 Å². The Morgan fingerprint density at radius 1 is 1.05 bits per heavy atom. The molecule has 4 N–H and O–H groups in total. The molecule has 0 saturated carbocycles. The van der Waals surface area contributed by atoms with Gasteiger partial charge in [0.15, 0.2) is 0 Å². The molecule has 3 aromatic rings. The molecule has 2 aliphatic rings. The van der Waals surface area contributed by atoms with E-state index in [1.807, 2.05) is 0 Å². The number of halogens is 6. The van der Waals surface area contributed by atoms with Crippen LogP contribution in [0.5, 0.6) is 0 Å². The van der Waals surface area contributed by atoms with E-state index >= 15 is 0 Å². The number of nitrogens with one attached hydrogen (secondary N) is 3. The van der Waals surface area contributed by atoms with Crippen LogP contribution in [0.3, 0.4) is 0 Å². The Balaban J connectivity index is 1.58. The number of rotatable bonds is 6. The molecule has 0 radical (unpaired) electrons. The lowest BCUT2D eigenvalue weighted by atomic mass is 10.0. The zero-order chi connectivity index (χ0) is 30.3. The van der Waals surface area contributed by atoms with Crippen molar-refractivity contribution in [2.45, 2.75) is 31.2 Å². The summed E-state index contributed by atoms with van der Waals surface area (Å²) in [5, 5.41) is 17.3. The number of aromatic nitrogens is 1. The Morgan fingerprint density at radius 3 is 2.50 bits per heavy atom. The average molecular weight is 609 g/mol. The summed E-state index contributed by atoms with van der Waals surface area (Å²) < 4.78 is 69.4. The minimum absolute atomic E-state index is 0.0470. The highest BCUT2D eigenvalue weighted by Crippen LogP contribution is 2.38. The molecule has 1 aliphatic carbocycles. The zero-order valence-corrected chi connectivity index (χ0v) is 22.2. The van der Waals surface area contributed by atoms with Gasteiger partial charge in [0, 0.05) is 34.7 Å². The minimum Gasteiger partial charge on any atom is -0.396 e. The molecule has 1 aromatic heterocycles. The Bertz CT molecular complexity index is 1620. The third kappa shape index (κ3) is 5.88. The molecule has 0 spiro atoms. The number of hydrogen-bond acceptors (Lipinski definition) is 4. The second kappa shape index (κ2) is 11.2. The fourth-order valence-electron chi connectivity index (χ4n) is 5.05. The van der Waals surface area contributed by atoms with E-state index in [1.165, 1.54) is 16.7 Å². The van der Waals surface area contributed by atoms with E-state index in [0.717, 1.165) is 12.1 Å². The lowest BCUT2D eigenvalue weighted by Crippen LogP contribution is -2.41. The highest BCUT2D eigenvalue weighted by molar-refractivity contribution is 6.31. The van der Waals surface area contributed by atoms with Crippen LogP contribution in [0, 0.1) is 17.6 Å². The van der Waals surface area contributed by atoms with Gasteiger partial charge < -0.3 is 25.6 Å². The lowest BCUT2D eigenvalue weighted by Gasteiger charge is -2.29. The Morgan fingerprint density at radius 2 is 1.81 bits per heavy atom. The molecule has 0 bridgehead atoms. The van der Waals surface area contributed by atoms with Gasteiger partial charge in [-0.1, -0.05) is 23.8 Å². The maximum absolute atomic E-state index is 14.2. The van der Waals surface area contributed by atoms with Crippen molar-refractivity contribution in [2.75, 3.05) is 11.9 Å². The number of benzene rings is 2. The SMILES string of the molecule is O=C1Cn2c(C(=O)NC3C=CC(CO)C3)cc(NC(=O)c3cc(F)cc(C(F)(F)F)c3)c2C(c2cc(F)ccc2Cl)N1. The van der Waals surface area contributed by atoms with Crippen LogP contribution in [-0.2, 0) is 17.5 Å². The first-order valence-electron chi connectivity index (χ1n) is 12.6. The molecular weight excluding hydrogens is 587 g/mol. The van der Waals surface area contributed by atoms with Crippen molar-refractivity contribution in [3.63, 3.8) is 0 Å². The van der Waals surface area contributed by atoms with Gasteiger partial charge in [0.05, 0.1) is 23.0 Å². The summed E-state index contributed by atoms with van der Waals surface area (Å²) in [5.41, 5.74) is -2.06. The average Bonchev–Trinajstić information content (AvgIpc) is 3.53. The summed E-state index contributed by atoms with van der Waals surface area (Å²) in [6, 6.07) is 4.32. The number of hydrogen-bond donors (Lipinski definition) is 4. The van der Waals surface area contributed by atoms with Crippen LogP contribution in [0.15, 0.2) is 54.6 Å². The van der Waals surface area contributed by atoms with Crippen LogP contribution in [0.1, 0.15) is 50.1 Å². The van der Waals surface area contributed by atoms with Crippen LogP contribution in [0.25, 0.3) is 0 Å². The van der Waals surface area contributed by atoms with Crippen molar-refractivity contribution < 1.29 is 41.4 Å². The summed E-state index contributed by atoms with van der Waals surface area (Å²) in [6.45, 7) is -0.513. The lowest BCUT2D eigenvalue weighted by molar-refractivity contribution is -0.137. The number of aliphatic hydroxyl groups is 1. The Kier molecular flexibility index (Phi) is 7.82. The van der Waals surface area contributed by atoms with Gasteiger partial charge in [-0.3, -0.25) is 14.4 Å². The van der Waals surface area contributed by atoms with Gasteiger partial charge >= 0.3 is 6.18 Å². The molecule has 0 saturated heterocycles. The number of carbonyl (C=O) groups excluding carboxylic acids is 3. The number of carbonyl (C=O) groups is 3. The third-order valence-electron chi connectivity index (χ3n) is 6.98. The van der Waals surface area contributed by atoms with Gasteiger partial charge in [0.2, 0.25) is 5.91 Å². The molecular formula is C28H22ClF5N4O4. The first kappa shape index (κ1) is 29.3. The van der Waals surface area contributed by atoms with Gasteiger partial charge in [-0.25, -0.2) is 8.78 Å². The molecule has 14 heteroatoms. The Labute approximate surface area is 240 Å². The number of amides is 3. The van der Waals surface area contributed by atoms with Crippen molar-refractivity contribution in [2.24, 2.45) is 5.92 Å². The van der Waals surface area contributed by atoms with Crippen LogP contribution in [-0.4, -0.2) is 40.0 Å². The van der Waals surface area contributed by atoms with Crippen LogP contribution in [0.2, 0.25) is 5.02 Å². The molecule has 1 aliphatic heterocycles. The van der Waals surface area contributed by atoms with Gasteiger partial charge in [0.25, 0.3) is 11.8 Å². The van der Waals surface area contributed by atoms with Crippen molar-refractivity contribution >= 4 is 35.0 Å². The van der Waals surface area contributed by atoms with Crippen molar-refractivity contribution in [1.29, 1.82) is 0 Å². The predicted molar refractivity (Wildman–Crippen MR) is 141 cm³/mol. The highest BCUT2D eigenvalue weighted by atomic mass is 35.5. The molecule has 42 heavy (non-hydrogen) atoms. The first-order chi connectivity index (χ1) is 19.8. The van der Waals surface area contributed by atoms with Crippen LogP contribution >= 0.6 is 11.6 Å². The molecule has 3 atom stereocenters. The van der Waals surface area contributed by atoms with E-state index < -0.39 is 65.3 Å². The largest absolute Gasteiger partial charge is 0.416 e. The number of alkyl halides is 3. The first-order valence-corrected chi connectivity index (χ1v) is 13.0. The second-order valence-electron chi connectivity index (χ2n) is 9.90. The summed E-state index contributed by atoms with van der Waals surface area (Å²) in [5.74, 6) is -4.51. The molecule has 0 fully saturated rings. The van der Waals surface area contributed by atoms with Crippen molar-refractivity contribution in [3.05, 3.63) is 99.4 Å². The fourth-order valence-corrected chi connectivity index (χ4v) is 5.28. The van der Waals surface area contributed by atoms with Crippen LogP contribution < -0.4 is 16.0 Å². The van der Waals surface area contributed by atoms with Gasteiger partial charge in [-0.2, -0.15) is 13.2 Å². The fraction of sp³-hybridized carbons (Fsp3) is 0.250.